The van der Waals surface area contributed by atoms with Crippen molar-refractivity contribution in [2.75, 3.05) is 24.3 Å². The maximum atomic E-state index is 12.5. The second-order valence-electron chi connectivity index (χ2n) is 4.62. The standard InChI is InChI=1S/C13H11ClF5N5O2/c1-20-9-22-10(24-11(23-9)25-6-12(15,16)17)21-7-2-4-8(5-3-7)26-13(14,18)19/h2-5H,6H2,1H3,(H2,20,21,22,23,24). The number of nitrogens with zero attached hydrogens (tertiary/aromatic N) is 3. The molecule has 2 aromatic rings. The van der Waals surface area contributed by atoms with Crippen molar-refractivity contribution in [3.05, 3.63) is 24.3 Å². The Hall–Kier alpha value is -2.63. The number of rotatable bonds is 7. The van der Waals surface area contributed by atoms with Crippen LogP contribution in [0.2, 0.25) is 0 Å². The van der Waals surface area contributed by atoms with Gasteiger partial charge in [0.2, 0.25) is 11.9 Å². The van der Waals surface area contributed by atoms with Gasteiger partial charge in [-0.25, -0.2) is 0 Å². The van der Waals surface area contributed by atoms with E-state index in [0.29, 0.717) is 5.69 Å². The summed E-state index contributed by atoms with van der Waals surface area (Å²) in [6, 6.07) is 4.53. The molecule has 13 heteroatoms. The number of hydrogen-bond donors (Lipinski definition) is 2. The van der Waals surface area contributed by atoms with Gasteiger partial charge in [0.1, 0.15) is 5.75 Å². The average molecular weight is 400 g/mol. The average Bonchev–Trinajstić information content (AvgIpc) is 2.52. The Kier molecular flexibility index (Phi) is 5.85. The van der Waals surface area contributed by atoms with Gasteiger partial charge in [-0.2, -0.15) is 28.1 Å². The molecule has 0 aliphatic carbocycles. The van der Waals surface area contributed by atoms with Gasteiger partial charge in [0, 0.05) is 24.3 Å². The smallest absolute Gasteiger partial charge is 0.454 e. The zero-order valence-corrected chi connectivity index (χ0v) is 13.7. The maximum Gasteiger partial charge on any atom is 0.487 e. The molecule has 26 heavy (non-hydrogen) atoms. The lowest BCUT2D eigenvalue weighted by Gasteiger charge is -2.12. The molecule has 0 unspecified atom stereocenters. The van der Waals surface area contributed by atoms with Crippen molar-refractivity contribution in [1.82, 2.24) is 15.0 Å². The number of ether oxygens (including phenoxy) is 2. The Morgan fingerprint density at radius 2 is 1.62 bits per heavy atom. The van der Waals surface area contributed by atoms with Gasteiger partial charge in [-0.1, -0.05) is 0 Å². The van der Waals surface area contributed by atoms with E-state index >= 15 is 0 Å². The monoisotopic (exact) mass is 399 g/mol. The van der Waals surface area contributed by atoms with Crippen LogP contribution in [0.25, 0.3) is 0 Å². The Labute approximate surface area is 148 Å². The SMILES string of the molecule is CNc1nc(Nc2ccc(OC(F)(F)Cl)cc2)nc(OCC(F)(F)F)n1. The quantitative estimate of drug-likeness (QED) is 0.542. The van der Waals surface area contributed by atoms with E-state index in [-0.39, 0.29) is 17.6 Å². The lowest BCUT2D eigenvalue weighted by molar-refractivity contribution is -0.154. The third-order valence-electron chi connectivity index (χ3n) is 2.55. The number of halogens is 6. The van der Waals surface area contributed by atoms with Crippen LogP contribution in [0.5, 0.6) is 11.8 Å². The number of hydrogen-bond acceptors (Lipinski definition) is 7. The third kappa shape index (κ3) is 6.70. The Balaban J connectivity index is 2.12. The molecule has 1 aromatic carbocycles. The minimum absolute atomic E-state index is 0.0404. The molecule has 0 aliphatic rings. The molecule has 0 amide bonds. The molecule has 2 rings (SSSR count). The highest BCUT2D eigenvalue weighted by molar-refractivity contribution is 6.20. The minimum atomic E-state index is -4.56. The minimum Gasteiger partial charge on any atom is -0.454 e. The summed E-state index contributed by atoms with van der Waals surface area (Å²) in [5.41, 5.74) is -3.51. The first-order valence-corrected chi connectivity index (χ1v) is 7.18. The summed E-state index contributed by atoms with van der Waals surface area (Å²) < 4.78 is 70.4. The summed E-state index contributed by atoms with van der Waals surface area (Å²) in [4.78, 5) is 11.2. The van der Waals surface area contributed by atoms with Crippen LogP contribution < -0.4 is 20.1 Å². The van der Waals surface area contributed by atoms with Crippen LogP contribution in [-0.2, 0) is 0 Å². The lowest BCUT2D eigenvalue weighted by atomic mass is 10.3. The van der Waals surface area contributed by atoms with Crippen LogP contribution in [0.15, 0.2) is 24.3 Å². The summed E-state index contributed by atoms with van der Waals surface area (Å²) in [5.74, 6) is -0.365. The molecular formula is C13H11ClF5N5O2. The maximum absolute atomic E-state index is 12.5. The summed E-state index contributed by atoms with van der Waals surface area (Å²) in [7, 11) is 1.45. The zero-order valence-electron chi connectivity index (χ0n) is 12.9. The highest BCUT2D eigenvalue weighted by Gasteiger charge is 2.29. The highest BCUT2D eigenvalue weighted by atomic mass is 35.5. The van der Waals surface area contributed by atoms with Crippen molar-refractivity contribution in [2.24, 2.45) is 0 Å². The number of alkyl halides is 6. The van der Waals surface area contributed by atoms with Crippen molar-refractivity contribution >= 4 is 29.2 Å². The first-order valence-electron chi connectivity index (χ1n) is 6.80. The van der Waals surface area contributed by atoms with Gasteiger partial charge in [0.25, 0.3) is 0 Å². The highest BCUT2D eigenvalue weighted by Crippen LogP contribution is 2.27. The topological polar surface area (TPSA) is 81.2 Å². The zero-order chi connectivity index (χ0) is 19.4. The number of nitrogens with one attached hydrogen (secondary N) is 2. The van der Waals surface area contributed by atoms with Crippen molar-refractivity contribution in [1.29, 1.82) is 0 Å². The molecule has 0 radical (unpaired) electrons. The van der Waals surface area contributed by atoms with Crippen molar-refractivity contribution in [3.8, 4) is 11.8 Å². The van der Waals surface area contributed by atoms with E-state index in [1.165, 1.54) is 31.3 Å². The van der Waals surface area contributed by atoms with Crippen molar-refractivity contribution in [2.45, 2.75) is 11.7 Å². The molecule has 0 atom stereocenters. The number of benzene rings is 1. The fourth-order valence-electron chi connectivity index (χ4n) is 1.60. The van der Waals surface area contributed by atoms with E-state index in [0.717, 1.165) is 0 Å². The van der Waals surface area contributed by atoms with Crippen molar-refractivity contribution < 1.29 is 31.4 Å². The Bertz CT molecular complexity index is 739. The van der Waals surface area contributed by atoms with Crippen LogP contribution >= 0.6 is 11.6 Å². The first kappa shape index (κ1) is 19.7. The van der Waals surface area contributed by atoms with Gasteiger partial charge in [0.15, 0.2) is 6.61 Å². The summed E-state index contributed by atoms with van der Waals surface area (Å²) in [6.45, 7) is -1.57. The second kappa shape index (κ2) is 7.72. The molecule has 0 saturated heterocycles. The molecule has 0 bridgehead atoms. The van der Waals surface area contributed by atoms with Crippen molar-refractivity contribution in [3.63, 3.8) is 0 Å². The number of aromatic nitrogens is 3. The predicted octanol–water partition coefficient (Wildman–Crippen LogP) is 3.77. The van der Waals surface area contributed by atoms with Crippen LogP contribution in [0, 0.1) is 0 Å². The Morgan fingerprint density at radius 1 is 1.00 bits per heavy atom. The number of anilines is 3. The van der Waals surface area contributed by atoms with E-state index in [4.69, 9.17) is 0 Å². The predicted molar refractivity (Wildman–Crippen MR) is 82.1 cm³/mol. The summed E-state index contributed by atoms with van der Waals surface area (Å²) >= 11 is 4.65. The lowest BCUT2D eigenvalue weighted by Crippen LogP contribution is -2.20. The first-order chi connectivity index (χ1) is 12.0. The molecule has 0 spiro atoms. The van der Waals surface area contributed by atoms with Gasteiger partial charge in [-0.3, -0.25) is 0 Å². The van der Waals surface area contributed by atoms with E-state index in [1.807, 2.05) is 0 Å². The van der Waals surface area contributed by atoms with Crippen LogP contribution in [-0.4, -0.2) is 40.4 Å². The van der Waals surface area contributed by atoms with Crippen LogP contribution in [0.1, 0.15) is 0 Å². The normalized spacial score (nSPS) is 11.8. The largest absolute Gasteiger partial charge is 0.487 e. The van der Waals surface area contributed by atoms with E-state index in [9.17, 15) is 22.0 Å². The van der Waals surface area contributed by atoms with Gasteiger partial charge in [-0.05, 0) is 24.3 Å². The fourth-order valence-corrected chi connectivity index (χ4v) is 1.69. The molecule has 1 aromatic heterocycles. The fraction of sp³-hybridized carbons (Fsp3) is 0.308. The van der Waals surface area contributed by atoms with E-state index in [1.54, 1.807) is 0 Å². The molecule has 0 fully saturated rings. The van der Waals surface area contributed by atoms with Gasteiger partial charge >= 0.3 is 17.8 Å². The van der Waals surface area contributed by atoms with E-state index in [2.05, 4.69) is 46.7 Å². The van der Waals surface area contributed by atoms with Crippen LogP contribution in [0.3, 0.4) is 0 Å². The molecule has 1 heterocycles. The molecular weight excluding hydrogens is 389 g/mol. The van der Waals surface area contributed by atoms with Crippen LogP contribution in [0.4, 0.5) is 39.5 Å². The molecule has 0 aliphatic heterocycles. The van der Waals surface area contributed by atoms with Gasteiger partial charge < -0.3 is 20.1 Å². The summed E-state index contributed by atoms with van der Waals surface area (Å²) in [6.07, 6.45) is -4.56. The second-order valence-corrected chi connectivity index (χ2v) is 5.06. The van der Waals surface area contributed by atoms with Gasteiger partial charge in [-0.15, -0.1) is 8.78 Å². The molecule has 7 nitrogen and oxygen atoms in total. The molecule has 2 N–H and O–H groups in total. The van der Waals surface area contributed by atoms with Gasteiger partial charge in [0.05, 0.1) is 0 Å². The summed E-state index contributed by atoms with van der Waals surface area (Å²) in [5, 5.41) is 5.21. The Morgan fingerprint density at radius 3 is 2.15 bits per heavy atom. The van der Waals surface area contributed by atoms with E-state index < -0.39 is 24.4 Å². The third-order valence-corrected chi connectivity index (χ3v) is 2.62. The molecule has 0 saturated carbocycles. The molecule has 142 valence electrons.